The molecule has 1 aromatic heterocycles. The van der Waals surface area contributed by atoms with E-state index in [2.05, 4.69) is 5.16 Å². The van der Waals surface area contributed by atoms with Gasteiger partial charge in [-0.3, -0.25) is 4.79 Å². The number of benzene rings is 4. The number of alkyl halides is 3. The number of halogens is 3. The van der Waals surface area contributed by atoms with Gasteiger partial charge in [0.1, 0.15) is 0 Å². The standard InChI is InChI=1S/C36H30F3NO3/c1-3-42-34(41)35(19-20-35)29-17-15-26(16-18-29)25-11-13-27(14-12-25)33-31(23(2)40-43-33)22-24-7-6-8-28(21-24)30-9-4-5-10-32(30)36(37,38)39/h4-18,21H,3,19-20,22H2,1-2H3. The van der Waals surface area contributed by atoms with Crippen molar-refractivity contribution in [2.75, 3.05) is 6.61 Å². The van der Waals surface area contributed by atoms with E-state index in [4.69, 9.17) is 9.26 Å². The summed E-state index contributed by atoms with van der Waals surface area (Å²) in [5.41, 5.74) is 5.85. The molecule has 4 nitrogen and oxygen atoms in total. The summed E-state index contributed by atoms with van der Waals surface area (Å²) in [5, 5.41) is 4.20. The molecule has 1 aliphatic rings. The molecule has 1 fully saturated rings. The summed E-state index contributed by atoms with van der Waals surface area (Å²) < 4.78 is 52.0. The Hall–Kier alpha value is -4.65. The number of hydrogen-bond donors (Lipinski definition) is 0. The minimum atomic E-state index is -4.44. The molecule has 43 heavy (non-hydrogen) atoms. The number of rotatable bonds is 8. The molecule has 1 heterocycles. The van der Waals surface area contributed by atoms with Crippen LogP contribution in [0.1, 0.15) is 47.7 Å². The zero-order chi connectivity index (χ0) is 30.2. The molecular weight excluding hydrogens is 551 g/mol. The van der Waals surface area contributed by atoms with Crippen molar-refractivity contribution in [1.29, 1.82) is 0 Å². The van der Waals surface area contributed by atoms with Crippen molar-refractivity contribution in [3.63, 3.8) is 0 Å². The van der Waals surface area contributed by atoms with Gasteiger partial charge in [-0.05, 0) is 66.1 Å². The summed E-state index contributed by atoms with van der Waals surface area (Å²) in [5.74, 6) is 0.480. The van der Waals surface area contributed by atoms with E-state index in [1.807, 2.05) is 68.4 Å². The molecule has 0 radical (unpaired) electrons. The highest BCUT2D eigenvalue weighted by molar-refractivity contribution is 5.87. The third kappa shape index (κ3) is 5.59. The van der Waals surface area contributed by atoms with Crippen LogP contribution in [0, 0.1) is 6.92 Å². The van der Waals surface area contributed by atoms with Crippen LogP contribution in [-0.4, -0.2) is 17.7 Å². The number of aromatic nitrogens is 1. The van der Waals surface area contributed by atoms with E-state index in [0.717, 1.165) is 58.0 Å². The van der Waals surface area contributed by atoms with E-state index in [0.29, 0.717) is 24.4 Å². The summed E-state index contributed by atoms with van der Waals surface area (Å²) in [4.78, 5) is 12.5. The molecule has 1 aliphatic carbocycles. The molecular formula is C36H30F3NO3. The lowest BCUT2D eigenvalue weighted by atomic mass is 9.93. The van der Waals surface area contributed by atoms with E-state index in [1.54, 1.807) is 24.3 Å². The Kier molecular flexibility index (Phi) is 7.42. The maximum absolute atomic E-state index is 13.7. The van der Waals surface area contributed by atoms with Crippen molar-refractivity contribution < 1.29 is 27.2 Å². The van der Waals surface area contributed by atoms with Gasteiger partial charge >= 0.3 is 12.1 Å². The predicted molar refractivity (Wildman–Crippen MR) is 159 cm³/mol. The fourth-order valence-electron chi connectivity index (χ4n) is 5.66. The highest BCUT2D eigenvalue weighted by Gasteiger charge is 2.52. The smallest absolute Gasteiger partial charge is 0.417 e. The molecule has 218 valence electrons. The summed E-state index contributed by atoms with van der Waals surface area (Å²) in [7, 11) is 0. The average molecular weight is 582 g/mol. The van der Waals surface area contributed by atoms with E-state index in [-0.39, 0.29) is 11.5 Å². The number of ether oxygens (including phenoxy) is 1. The fourth-order valence-corrected chi connectivity index (χ4v) is 5.66. The van der Waals surface area contributed by atoms with Crippen LogP contribution in [0.3, 0.4) is 0 Å². The highest BCUT2D eigenvalue weighted by Crippen LogP contribution is 2.49. The Morgan fingerprint density at radius 2 is 1.51 bits per heavy atom. The molecule has 0 bridgehead atoms. The number of hydrogen-bond acceptors (Lipinski definition) is 4. The monoisotopic (exact) mass is 581 g/mol. The number of carbonyl (C=O) groups is 1. The lowest BCUT2D eigenvalue weighted by molar-refractivity contribution is -0.146. The second-order valence-corrected chi connectivity index (χ2v) is 11.0. The molecule has 7 heteroatoms. The van der Waals surface area contributed by atoms with Crippen LogP contribution in [0.5, 0.6) is 0 Å². The minimum Gasteiger partial charge on any atom is -0.465 e. The van der Waals surface area contributed by atoms with Gasteiger partial charge in [0.2, 0.25) is 0 Å². The van der Waals surface area contributed by atoms with Gasteiger partial charge in [-0.1, -0.05) is 96.2 Å². The van der Waals surface area contributed by atoms with E-state index in [9.17, 15) is 18.0 Å². The van der Waals surface area contributed by atoms with Crippen LogP contribution in [0.2, 0.25) is 0 Å². The molecule has 4 aromatic carbocycles. The van der Waals surface area contributed by atoms with Crippen LogP contribution in [-0.2, 0) is 27.5 Å². The first-order valence-corrected chi connectivity index (χ1v) is 14.3. The van der Waals surface area contributed by atoms with Gasteiger partial charge in [0.15, 0.2) is 5.76 Å². The Bertz CT molecular complexity index is 1770. The predicted octanol–water partition coefficient (Wildman–Crippen LogP) is 9.19. The Labute approximate surface area is 248 Å². The third-order valence-electron chi connectivity index (χ3n) is 8.17. The van der Waals surface area contributed by atoms with E-state index in [1.165, 1.54) is 12.1 Å². The van der Waals surface area contributed by atoms with Crippen molar-refractivity contribution in [3.05, 3.63) is 125 Å². The first-order chi connectivity index (χ1) is 20.7. The number of aryl methyl sites for hydroxylation is 1. The van der Waals surface area contributed by atoms with Crippen molar-refractivity contribution in [1.82, 2.24) is 5.16 Å². The van der Waals surface area contributed by atoms with Gasteiger partial charge in [-0.15, -0.1) is 0 Å². The molecule has 0 spiro atoms. The first-order valence-electron chi connectivity index (χ1n) is 14.3. The minimum absolute atomic E-state index is 0.149. The molecule has 0 unspecified atom stereocenters. The third-order valence-corrected chi connectivity index (χ3v) is 8.17. The van der Waals surface area contributed by atoms with Crippen molar-refractivity contribution >= 4 is 5.97 Å². The van der Waals surface area contributed by atoms with Gasteiger partial charge in [0.05, 0.1) is 23.3 Å². The van der Waals surface area contributed by atoms with Crippen molar-refractivity contribution in [3.8, 4) is 33.6 Å². The quantitative estimate of drug-likeness (QED) is 0.172. The van der Waals surface area contributed by atoms with Gasteiger partial charge < -0.3 is 9.26 Å². The normalized spacial score (nSPS) is 14.0. The van der Waals surface area contributed by atoms with E-state index < -0.39 is 17.2 Å². The average Bonchev–Trinajstić information content (AvgIpc) is 3.76. The maximum Gasteiger partial charge on any atom is 0.417 e. The summed E-state index contributed by atoms with van der Waals surface area (Å²) in [6, 6.07) is 28.8. The number of nitrogens with zero attached hydrogens (tertiary/aromatic N) is 1. The molecule has 1 saturated carbocycles. The summed E-state index contributed by atoms with van der Waals surface area (Å²) >= 11 is 0. The van der Waals surface area contributed by atoms with Crippen LogP contribution in [0.4, 0.5) is 13.2 Å². The second kappa shape index (κ2) is 11.2. The lowest BCUT2D eigenvalue weighted by Gasteiger charge is -2.14. The fraction of sp³-hybridized carbons (Fsp3) is 0.222. The summed E-state index contributed by atoms with van der Waals surface area (Å²) in [6.07, 6.45) is -2.37. The molecule has 6 rings (SSSR count). The number of esters is 1. The highest BCUT2D eigenvalue weighted by atomic mass is 19.4. The topological polar surface area (TPSA) is 52.3 Å². The molecule has 0 saturated heterocycles. The maximum atomic E-state index is 13.7. The van der Waals surface area contributed by atoms with Gasteiger partial charge in [-0.2, -0.15) is 13.2 Å². The van der Waals surface area contributed by atoms with Crippen LogP contribution >= 0.6 is 0 Å². The Morgan fingerprint density at radius 1 is 0.860 bits per heavy atom. The Morgan fingerprint density at radius 3 is 2.16 bits per heavy atom. The SMILES string of the molecule is CCOC(=O)C1(c2ccc(-c3ccc(-c4onc(C)c4Cc4cccc(-c5ccccc5C(F)(F)F)c4)cc3)cc2)CC1. The first kappa shape index (κ1) is 28.5. The Balaban J connectivity index is 1.23. The zero-order valence-electron chi connectivity index (χ0n) is 23.9. The van der Waals surface area contributed by atoms with Gasteiger partial charge in [0.25, 0.3) is 0 Å². The van der Waals surface area contributed by atoms with Crippen LogP contribution in [0.25, 0.3) is 33.6 Å². The molecule has 0 N–H and O–H groups in total. The number of carbonyl (C=O) groups excluding carboxylic acids is 1. The summed E-state index contributed by atoms with van der Waals surface area (Å²) in [6.45, 7) is 4.06. The van der Waals surface area contributed by atoms with E-state index >= 15 is 0 Å². The molecule has 5 aromatic rings. The van der Waals surface area contributed by atoms with Crippen LogP contribution in [0.15, 0.2) is 102 Å². The zero-order valence-corrected chi connectivity index (χ0v) is 23.9. The molecule has 0 aliphatic heterocycles. The van der Waals surface area contributed by atoms with Gasteiger partial charge in [-0.25, -0.2) is 0 Å². The van der Waals surface area contributed by atoms with Crippen LogP contribution < -0.4 is 0 Å². The van der Waals surface area contributed by atoms with Crippen molar-refractivity contribution in [2.45, 2.75) is 44.7 Å². The van der Waals surface area contributed by atoms with Gasteiger partial charge in [0, 0.05) is 17.5 Å². The largest absolute Gasteiger partial charge is 0.465 e. The molecule has 0 amide bonds. The lowest BCUT2D eigenvalue weighted by Crippen LogP contribution is -2.23. The van der Waals surface area contributed by atoms with Crippen molar-refractivity contribution in [2.24, 2.45) is 0 Å². The molecule has 0 atom stereocenters. The second-order valence-electron chi connectivity index (χ2n) is 11.0.